The fourth-order valence-electron chi connectivity index (χ4n) is 5.57. The quantitative estimate of drug-likeness (QED) is 0.223. The summed E-state index contributed by atoms with van der Waals surface area (Å²) in [6, 6.07) is 14.2. The number of nitrogens with one attached hydrogen (secondary N) is 3. The number of likely N-dealkylation sites (tertiary alicyclic amines) is 1. The van der Waals surface area contributed by atoms with E-state index in [0.717, 1.165) is 59.0 Å². The molecule has 4 rings (SSSR count). The SMILES string of the molecule is C=C(Nc1ccc(C2CCN(C(=O)CN(C)C)CC2)c(C)c1)c1c(/C=C(\C)Nc2cccc(C)c2SN)cc[nH]c1=O. The molecule has 5 N–H and O–H groups in total. The number of aromatic nitrogens is 1. The predicted octanol–water partition coefficient (Wildman–Crippen LogP) is 5.78. The number of piperidine rings is 1. The molecule has 1 aromatic heterocycles. The van der Waals surface area contributed by atoms with Gasteiger partial charge in [0.2, 0.25) is 5.91 Å². The number of nitrogens with zero attached hydrogens (tertiary/aromatic N) is 2. The number of carbonyl (C=O) groups is 1. The van der Waals surface area contributed by atoms with Gasteiger partial charge >= 0.3 is 0 Å². The smallest absolute Gasteiger partial charge is 0.257 e. The predicted molar refractivity (Wildman–Crippen MR) is 177 cm³/mol. The Morgan fingerprint density at radius 2 is 1.88 bits per heavy atom. The summed E-state index contributed by atoms with van der Waals surface area (Å²) < 4.78 is 0. The second-order valence-corrected chi connectivity index (χ2v) is 11.9. The van der Waals surface area contributed by atoms with E-state index in [1.54, 1.807) is 6.20 Å². The number of rotatable bonds is 10. The monoisotopic (exact) mass is 586 g/mol. The first-order valence-electron chi connectivity index (χ1n) is 14.2. The van der Waals surface area contributed by atoms with Gasteiger partial charge in [0.15, 0.2) is 0 Å². The molecule has 8 nitrogen and oxygen atoms in total. The summed E-state index contributed by atoms with van der Waals surface area (Å²) in [5.41, 5.74) is 7.77. The highest BCUT2D eigenvalue weighted by atomic mass is 32.2. The minimum atomic E-state index is -0.216. The van der Waals surface area contributed by atoms with Crippen molar-refractivity contribution in [3.63, 3.8) is 0 Å². The number of pyridine rings is 1. The fourth-order valence-corrected chi connectivity index (χ4v) is 6.07. The number of nitrogens with two attached hydrogens (primary N) is 1. The molecule has 2 heterocycles. The van der Waals surface area contributed by atoms with E-state index < -0.39 is 0 Å². The number of allylic oxidation sites excluding steroid dienone is 1. The van der Waals surface area contributed by atoms with Gasteiger partial charge in [-0.1, -0.05) is 24.8 Å². The molecule has 42 heavy (non-hydrogen) atoms. The van der Waals surface area contributed by atoms with E-state index in [0.29, 0.717) is 23.7 Å². The Bertz CT molecular complexity index is 1540. The average molecular weight is 587 g/mol. The van der Waals surface area contributed by atoms with Crippen molar-refractivity contribution in [2.45, 2.75) is 44.4 Å². The number of amides is 1. The Labute approximate surface area is 253 Å². The van der Waals surface area contributed by atoms with Gasteiger partial charge in [-0.25, -0.2) is 0 Å². The number of likely N-dealkylation sites (N-methyl/N-ethyl adjacent to an activating group) is 1. The molecule has 222 valence electrons. The Hall–Kier alpha value is -3.79. The number of hydrogen-bond donors (Lipinski definition) is 4. The number of carbonyl (C=O) groups excluding carboxylic acids is 1. The van der Waals surface area contributed by atoms with Crippen molar-refractivity contribution in [3.05, 3.63) is 99.1 Å². The molecule has 9 heteroatoms. The van der Waals surface area contributed by atoms with Gasteiger partial charge in [0.05, 0.1) is 17.8 Å². The number of H-pyrrole nitrogens is 1. The second kappa shape index (κ2) is 13.9. The van der Waals surface area contributed by atoms with Crippen LogP contribution in [0.2, 0.25) is 0 Å². The van der Waals surface area contributed by atoms with Crippen LogP contribution in [-0.4, -0.2) is 54.4 Å². The molecule has 0 aliphatic carbocycles. The number of aryl methyl sites for hydroxylation is 2. The van der Waals surface area contributed by atoms with E-state index in [2.05, 4.69) is 41.3 Å². The first-order chi connectivity index (χ1) is 20.1. The van der Waals surface area contributed by atoms with Crippen LogP contribution in [0.3, 0.4) is 0 Å². The summed E-state index contributed by atoms with van der Waals surface area (Å²) >= 11 is 1.21. The van der Waals surface area contributed by atoms with Crippen LogP contribution in [0.15, 0.2) is 70.6 Å². The highest BCUT2D eigenvalue weighted by Gasteiger charge is 2.25. The molecule has 2 aromatic carbocycles. The van der Waals surface area contributed by atoms with Crippen LogP contribution in [0.5, 0.6) is 0 Å². The van der Waals surface area contributed by atoms with Gasteiger partial charge in [-0.15, -0.1) is 0 Å². The molecular weight excluding hydrogens is 544 g/mol. The molecule has 0 radical (unpaired) electrons. The van der Waals surface area contributed by atoms with Crippen molar-refractivity contribution >= 4 is 41.0 Å². The lowest BCUT2D eigenvalue weighted by atomic mass is 9.86. The Balaban J connectivity index is 1.47. The molecule has 1 aliphatic heterocycles. The van der Waals surface area contributed by atoms with Gasteiger partial charge in [-0.05, 0) is 118 Å². The number of benzene rings is 2. The molecule has 1 aliphatic rings. The van der Waals surface area contributed by atoms with Crippen molar-refractivity contribution < 1.29 is 4.79 Å². The number of hydrogen-bond acceptors (Lipinski definition) is 7. The van der Waals surface area contributed by atoms with Crippen molar-refractivity contribution in [1.82, 2.24) is 14.8 Å². The minimum absolute atomic E-state index is 0.193. The van der Waals surface area contributed by atoms with Crippen LogP contribution in [0, 0.1) is 13.8 Å². The standard InChI is InChI=1S/C33H42N6O2S/c1-21-8-7-9-29(32(21)42-34)36-23(3)19-26-12-15-35-33(41)31(26)24(4)37-27-10-11-28(22(2)18-27)25-13-16-39(17-14-25)30(40)20-38(5)6/h7-12,15,18-19,25,36-37H,4,13-14,16-17,20,34H2,1-3,5-6H3,(H,35,41)/b23-19+. The van der Waals surface area contributed by atoms with Crippen LogP contribution in [-0.2, 0) is 4.79 Å². The third-order valence-electron chi connectivity index (χ3n) is 7.63. The number of anilines is 2. The average Bonchev–Trinajstić information content (AvgIpc) is 2.93. The minimum Gasteiger partial charge on any atom is -0.358 e. The van der Waals surface area contributed by atoms with Crippen LogP contribution in [0.25, 0.3) is 11.8 Å². The lowest BCUT2D eigenvalue weighted by Crippen LogP contribution is -2.42. The third kappa shape index (κ3) is 7.53. The van der Waals surface area contributed by atoms with Crippen LogP contribution in [0.4, 0.5) is 11.4 Å². The maximum Gasteiger partial charge on any atom is 0.257 e. The first kappa shape index (κ1) is 31.2. The lowest BCUT2D eigenvalue weighted by molar-refractivity contribution is -0.132. The molecule has 3 aromatic rings. The molecular formula is C33H42N6O2S. The van der Waals surface area contributed by atoms with E-state index in [4.69, 9.17) is 5.14 Å². The molecule has 0 unspecified atom stereocenters. The Morgan fingerprint density at radius 3 is 2.55 bits per heavy atom. The van der Waals surface area contributed by atoms with Gasteiger partial charge in [0.1, 0.15) is 0 Å². The maximum atomic E-state index is 13.0. The molecule has 0 saturated carbocycles. The lowest BCUT2D eigenvalue weighted by Gasteiger charge is -2.33. The summed E-state index contributed by atoms with van der Waals surface area (Å²) in [6.07, 6.45) is 5.49. The van der Waals surface area contributed by atoms with Crippen LogP contribution >= 0.6 is 11.9 Å². The highest BCUT2D eigenvalue weighted by Crippen LogP contribution is 2.33. The zero-order chi connectivity index (χ0) is 30.4. The molecule has 1 saturated heterocycles. The summed E-state index contributed by atoms with van der Waals surface area (Å²) in [5, 5.41) is 12.7. The summed E-state index contributed by atoms with van der Waals surface area (Å²) in [6.45, 7) is 12.3. The zero-order valence-electron chi connectivity index (χ0n) is 25.2. The third-order valence-corrected chi connectivity index (χ3v) is 8.41. The van der Waals surface area contributed by atoms with E-state index in [1.807, 2.05) is 74.2 Å². The highest BCUT2D eigenvalue weighted by molar-refractivity contribution is 7.97. The molecule has 1 amide bonds. The van der Waals surface area contributed by atoms with Crippen molar-refractivity contribution in [2.75, 3.05) is 44.4 Å². The molecule has 0 atom stereocenters. The summed E-state index contributed by atoms with van der Waals surface area (Å²) in [5.74, 6) is 0.611. The van der Waals surface area contributed by atoms with E-state index in [1.165, 1.54) is 23.1 Å². The summed E-state index contributed by atoms with van der Waals surface area (Å²) in [4.78, 5) is 33.1. The normalized spacial score (nSPS) is 14.3. The van der Waals surface area contributed by atoms with Crippen molar-refractivity contribution in [1.29, 1.82) is 0 Å². The van der Waals surface area contributed by atoms with Crippen LogP contribution < -0.4 is 21.3 Å². The largest absolute Gasteiger partial charge is 0.358 e. The molecule has 0 spiro atoms. The maximum absolute atomic E-state index is 13.0. The molecule has 1 fully saturated rings. The fraction of sp³-hybridized carbons (Fsp3) is 0.333. The van der Waals surface area contributed by atoms with E-state index in [9.17, 15) is 9.59 Å². The Kier molecular flexibility index (Phi) is 10.3. The van der Waals surface area contributed by atoms with Crippen LogP contribution in [0.1, 0.15) is 53.5 Å². The van der Waals surface area contributed by atoms with Gasteiger partial charge in [0.25, 0.3) is 5.56 Å². The molecule has 0 bridgehead atoms. The van der Waals surface area contributed by atoms with Gasteiger partial charge < -0.3 is 25.4 Å². The first-order valence-corrected chi connectivity index (χ1v) is 15.1. The van der Waals surface area contributed by atoms with Gasteiger partial charge in [-0.3, -0.25) is 14.7 Å². The van der Waals surface area contributed by atoms with Gasteiger partial charge in [-0.2, -0.15) is 0 Å². The van der Waals surface area contributed by atoms with Crippen molar-refractivity contribution in [3.8, 4) is 0 Å². The topological polar surface area (TPSA) is 106 Å². The van der Waals surface area contributed by atoms with E-state index >= 15 is 0 Å². The van der Waals surface area contributed by atoms with E-state index in [-0.39, 0.29) is 11.5 Å². The second-order valence-electron chi connectivity index (χ2n) is 11.2. The zero-order valence-corrected chi connectivity index (χ0v) is 26.0. The van der Waals surface area contributed by atoms with Gasteiger partial charge in [0, 0.05) is 41.3 Å². The number of aromatic amines is 1. The summed E-state index contributed by atoms with van der Waals surface area (Å²) in [7, 11) is 3.85. The van der Waals surface area contributed by atoms with Crippen molar-refractivity contribution in [2.24, 2.45) is 5.14 Å². The Morgan fingerprint density at radius 1 is 1.14 bits per heavy atom.